The number of ether oxygens (including phenoxy) is 1. The molecule has 2 aromatic rings. The molecule has 0 saturated carbocycles. The summed E-state index contributed by atoms with van der Waals surface area (Å²) in [7, 11) is -3.74. The highest BCUT2D eigenvalue weighted by atomic mass is 32.2. The van der Waals surface area contributed by atoms with Crippen molar-refractivity contribution in [1.29, 1.82) is 0 Å². The molecule has 0 radical (unpaired) electrons. The first-order valence-corrected chi connectivity index (χ1v) is 13.9. The van der Waals surface area contributed by atoms with Crippen LogP contribution in [-0.4, -0.2) is 50.8 Å². The number of nitrogens with zero attached hydrogens (tertiary/aromatic N) is 2. The van der Waals surface area contributed by atoms with Crippen molar-refractivity contribution in [2.75, 3.05) is 36.4 Å². The van der Waals surface area contributed by atoms with Crippen LogP contribution in [0, 0.1) is 0 Å². The predicted octanol–water partition coefficient (Wildman–Crippen LogP) is 3.96. The van der Waals surface area contributed by atoms with Crippen LogP contribution in [0.3, 0.4) is 0 Å². The summed E-state index contributed by atoms with van der Waals surface area (Å²) in [5.74, 6) is -0.269. The molecule has 0 unspecified atom stereocenters. The largest absolute Gasteiger partial charge is 0.423 e. The lowest BCUT2D eigenvalue weighted by Gasteiger charge is -2.33. The number of amides is 1. The number of sulfonamides is 1. The first-order valence-electron chi connectivity index (χ1n) is 12.5. The van der Waals surface area contributed by atoms with Crippen LogP contribution in [-0.2, 0) is 21.2 Å². The van der Waals surface area contributed by atoms with E-state index in [4.69, 9.17) is 4.74 Å². The van der Waals surface area contributed by atoms with Crippen molar-refractivity contribution in [1.82, 2.24) is 4.31 Å². The minimum Gasteiger partial charge on any atom is -0.423 e. The summed E-state index contributed by atoms with van der Waals surface area (Å²) < 4.78 is 34.5. The topological polar surface area (TPSA) is 96.0 Å². The molecular weight excluding hydrogens is 466 g/mol. The maximum Gasteiger partial charge on any atom is 0.343 e. The van der Waals surface area contributed by atoms with Crippen molar-refractivity contribution in [3.8, 4) is 5.75 Å². The van der Waals surface area contributed by atoms with Crippen molar-refractivity contribution in [2.45, 2.75) is 56.3 Å². The van der Waals surface area contributed by atoms with Crippen LogP contribution in [0.5, 0.6) is 5.75 Å². The number of anilines is 2. The SMILES string of the molecule is O=C1CCc2cc(OC(=O)c3ccc(N4CCCCC4)c(S(=O)(=O)N4CCCCC4)c3)ccc2N1. The highest BCUT2D eigenvalue weighted by Gasteiger charge is 2.31. The number of carbonyl (C=O) groups excluding carboxylic acids is 2. The molecule has 2 aromatic carbocycles. The molecule has 35 heavy (non-hydrogen) atoms. The molecule has 3 aliphatic rings. The van der Waals surface area contributed by atoms with Gasteiger partial charge in [0.2, 0.25) is 15.9 Å². The molecule has 0 aromatic heterocycles. The minimum atomic E-state index is -3.74. The molecule has 1 amide bonds. The van der Waals surface area contributed by atoms with Gasteiger partial charge in [-0.1, -0.05) is 6.42 Å². The van der Waals surface area contributed by atoms with Gasteiger partial charge in [-0.15, -0.1) is 0 Å². The fourth-order valence-electron chi connectivity index (χ4n) is 5.08. The fraction of sp³-hybridized carbons (Fsp3) is 0.462. The van der Waals surface area contributed by atoms with Gasteiger partial charge in [-0.05, 0) is 80.5 Å². The lowest BCUT2D eigenvalue weighted by molar-refractivity contribution is -0.116. The van der Waals surface area contributed by atoms with Crippen LogP contribution >= 0.6 is 0 Å². The van der Waals surface area contributed by atoms with E-state index in [1.54, 1.807) is 34.6 Å². The number of aryl methyl sites for hydroxylation is 1. The van der Waals surface area contributed by atoms with Gasteiger partial charge in [-0.3, -0.25) is 4.79 Å². The monoisotopic (exact) mass is 497 g/mol. The molecule has 186 valence electrons. The molecular formula is C26H31N3O5S. The van der Waals surface area contributed by atoms with E-state index < -0.39 is 16.0 Å². The van der Waals surface area contributed by atoms with Gasteiger partial charge in [-0.25, -0.2) is 13.2 Å². The molecule has 3 aliphatic heterocycles. The summed E-state index contributed by atoms with van der Waals surface area (Å²) >= 11 is 0. The van der Waals surface area contributed by atoms with Gasteiger partial charge < -0.3 is 15.0 Å². The van der Waals surface area contributed by atoms with Gasteiger partial charge in [0.25, 0.3) is 0 Å². The van der Waals surface area contributed by atoms with E-state index in [1.807, 2.05) is 0 Å². The summed E-state index contributed by atoms with van der Waals surface area (Å²) in [4.78, 5) is 27.0. The van der Waals surface area contributed by atoms with Gasteiger partial charge in [0.15, 0.2) is 0 Å². The van der Waals surface area contributed by atoms with Gasteiger partial charge >= 0.3 is 5.97 Å². The summed E-state index contributed by atoms with van der Waals surface area (Å²) in [6.45, 7) is 2.61. The van der Waals surface area contributed by atoms with Crippen LogP contribution < -0.4 is 15.0 Å². The Balaban J connectivity index is 1.44. The molecule has 5 rings (SSSR count). The smallest absolute Gasteiger partial charge is 0.343 e. The first-order chi connectivity index (χ1) is 16.9. The van der Waals surface area contributed by atoms with Gasteiger partial charge in [0.1, 0.15) is 10.6 Å². The average molecular weight is 498 g/mol. The molecule has 2 saturated heterocycles. The number of esters is 1. The number of carbonyl (C=O) groups is 2. The average Bonchev–Trinajstić information content (AvgIpc) is 2.89. The summed E-state index contributed by atoms with van der Waals surface area (Å²) in [6, 6.07) is 9.99. The summed E-state index contributed by atoms with van der Waals surface area (Å²) in [5.41, 5.74) is 2.49. The zero-order valence-corrected chi connectivity index (χ0v) is 20.6. The van der Waals surface area contributed by atoms with Crippen LogP contribution in [0.2, 0.25) is 0 Å². The lowest BCUT2D eigenvalue weighted by atomic mass is 10.0. The fourth-order valence-corrected chi connectivity index (χ4v) is 6.83. The van der Waals surface area contributed by atoms with E-state index >= 15 is 0 Å². The second-order valence-electron chi connectivity index (χ2n) is 9.45. The lowest BCUT2D eigenvalue weighted by Crippen LogP contribution is -2.37. The Kier molecular flexibility index (Phi) is 6.80. The highest BCUT2D eigenvalue weighted by Crippen LogP contribution is 2.33. The molecule has 3 heterocycles. The Labute approximate surface area is 206 Å². The molecule has 0 aliphatic carbocycles. The van der Waals surface area contributed by atoms with E-state index in [0.717, 1.165) is 62.9 Å². The van der Waals surface area contributed by atoms with E-state index in [0.29, 0.717) is 37.4 Å². The second-order valence-corrected chi connectivity index (χ2v) is 11.4. The van der Waals surface area contributed by atoms with Crippen LogP contribution in [0.1, 0.15) is 60.9 Å². The molecule has 0 bridgehead atoms. The third-order valence-electron chi connectivity index (χ3n) is 7.01. The van der Waals surface area contributed by atoms with Crippen molar-refractivity contribution < 1.29 is 22.7 Å². The second kappa shape index (κ2) is 9.99. The van der Waals surface area contributed by atoms with Crippen molar-refractivity contribution >= 4 is 33.3 Å². The number of fused-ring (bicyclic) bond motifs is 1. The molecule has 8 nitrogen and oxygen atoms in total. The van der Waals surface area contributed by atoms with Crippen LogP contribution in [0.4, 0.5) is 11.4 Å². The van der Waals surface area contributed by atoms with Gasteiger partial charge in [0, 0.05) is 38.3 Å². The van der Waals surface area contributed by atoms with Crippen molar-refractivity contribution in [3.63, 3.8) is 0 Å². The number of piperidine rings is 2. The maximum absolute atomic E-state index is 13.7. The Hall–Kier alpha value is -2.91. The normalized spacial score (nSPS) is 19.1. The number of hydrogen-bond acceptors (Lipinski definition) is 6. The Morgan fingerprint density at radius 1 is 0.857 bits per heavy atom. The molecule has 2 fully saturated rings. The maximum atomic E-state index is 13.7. The highest BCUT2D eigenvalue weighted by molar-refractivity contribution is 7.89. The quantitative estimate of drug-likeness (QED) is 0.496. The molecule has 9 heteroatoms. The van der Waals surface area contributed by atoms with Crippen molar-refractivity contribution in [3.05, 3.63) is 47.5 Å². The van der Waals surface area contributed by atoms with Crippen LogP contribution in [0.25, 0.3) is 0 Å². The number of rotatable bonds is 5. The third-order valence-corrected chi connectivity index (χ3v) is 8.94. The minimum absolute atomic E-state index is 0.0292. The summed E-state index contributed by atoms with van der Waals surface area (Å²) in [6.07, 6.45) is 6.87. The van der Waals surface area contributed by atoms with Crippen LogP contribution in [0.15, 0.2) is 41.3 Å². The molecule has 0 spiro atoms. The molecule has 0 atom stereocenters. The van der Waals surface area contributed by atoms with E-state index in [-0.39, 0.29) is 16.4 Å². The standard InChI is InChI=1S/C26H31N3O5S/c30-25-12-8-19-17-21(9-10-22(19)27-25)34-26(31)20-7-11-23(28-13-3-1-4-14-28)24(18-20)35(32,33)29-15-5-2-6-16-29/h7,9-11,17-18H,1-6,8,12-16H2,(H,27,30). The molecule has 1 N–H and O–H groups in total. The number of benzene rings is 2. The van der Waals surface area contributed by atoms with Gasteiger partial charge in [0.05, 0.1) is 11.3 Å². The predicted molar refractivity (Wildman–Crippen MR) is 133 cm³/mol. The van der Waals surface area contributed by atoms with Crippen molar-refractivity contribution in [2.24, 2.45) is 0 Å². The Bertz CT molecular complexity index is 1230. The zero-order chi connectivity index (χ0) is 24.4. The Morgan fingerprint density at radius 2 is 1.57 bits per heavy atom. The Morgan fingerprint density at radius 3 is 2.31 bits per heavy atom. The summed E-state index contributed by atoms with van der Waals surface area (Å²) in [5, 5.41) is 2.81. The first kappa shape index (κ1) is 23.8. The number of hydrogen-bond donors (Lipinski definition) is 1. The third kappa shape index (κ3) is 5.06. The van der Waals surface area contributed by atoms with Gasteiger partial charge in [-0.2, -0.15) is 4.31 Å². The van der Waals surface area contributed by atoms with E-state index in [9.17, 15) is 18.0 Å². The zero-order valence-electron chi connectivity index (χ0n) is 19.8. The van der Waals surface area contributed by atoms with E-state index in [2.05, 4.69) is 10.2 Å². The number of nitrogens with one attached hydrogen (secondary N) is 1. The van der Waals surface area contributed by atoms with E-state index in [1.165, 1.54) is 6.07 Å².